The number of carbonyl (C=O) groups is 1. The molecule has 1 aromatic rings. The Balaban J connectivity index is 0.00000140. The summed E-state index contributed by atoms with van der Waals surface area (Å²) in [6.07, 6.45) is 3.17. The minimum atomic E-state index is -0.554. The van der Waals surface area contributed by atoms with Crippen molar-refractivity contribution in [1.82, 2.24) is 4.90 Å². The number of hydrogen-bond acceptors (Lipinski definition) is 3. The predicted molar refractivity (Wildman–Crippen MR) is 97.9 cm³/mol. The lowest BCUT2D eigenvalue weighted by atomic mass is 9.51. The van der Waals surface area contributed by atoms with Crippen molar-refractivity contribution >= 4 is 24.0 Å². The van der Waals surface area contributed by atoms with Gasteiger partial charge in [0.05, 0.1) is 12.7 Å². The molecule has 5 aliphatic rings. The molecule has 2 aliphatic carbocycles. The fourth-order valence-electron chi connectivity index (χ4n) is 7.38. The average molecular weight is 359 g/mol. The quantitative estimate of drug-likeness (QED) is 0.784. The molecular formula is C20H23ClN2O2. The van der Waals surface area contributed by atoms with Crippen molar-refractivity contribution in [2.75, 3.05) is 25.5 Å². The second-order valence-electron chi connectivity index (χ2n) is 8.40. The Kier molecular flexibility index (Phi) is 2.96. The van der Waals surface area contributed by atoms with E-state index in [1.807, 2.05) is 12.1 Å². The summed E-state index contributed by atoms with van der Waals surface area (Å²) in [6.45, 7) is 6.06. The van der Waals surface area contributed by atoms with Crippen LogP contribution in [0.2, 0.25) is 0 Å². The SMILES string of the molecule is C=C[C@]12CN(C)C3C4COC(CC41)[C@]1(C(=O)Nc4ccccc41)[C@@H]32.Cl. The van der Waals surface area contributed by atoms with Crippen LogP contribution in [-0.4, -0.2) is 43.2 Å². The van der Waals surface area contributed by atoms with Crippen LogP contribution in [-0.2, 0) is 14.9 Å². The average Bonchev–Trinajstić information content (AvgIpc) is 3.08. The first-order valence-electron chi connectivity index (χ1n) is 9.01. The Morgan fingerprint density at radius 3 is 3.00 bits per heavy atom. The van der Waals surface area contributed by atoms with Gasteiger partial charge in [-0.05, 0) is 31.0 Å². The number of rotatable bonds is 1. The number of anilines is 1. The van der Waals surface area contributed by atoms with Crippen molar-refractivity contribution in [1.29, 1.82) is 0 Å². The molecule has 0 aromatic heterocycles. The van der Waals surface area contributed by atoms with E-state index in [1.54, 1.807) is 0 Å². The molecule has 6 rings (SSSR count). The van der Waals surface area contributed by atoms with Gasteiger partial charge in [0.1, 0.15) is 5.41 Å². The third-order valence-electron chi connectivity index (χ3n) is 7.93. The van der Waals surface area contributed by atoms with Gasteiger partial charge in [0, 0.05) is 35.5 Å². The monoisotopic (exact) mass is 358 g/mol. The number of hydrogen-bond donors (Lipinski definition) is 1. The third-order valence-corrected chi connectivity index (χ3v) is 7.93. The lowest BCUT2D eigenvalue weighted by molar-refractivity contribution is -0.153. The highest BCUT2D eigenvalue weighted by molar-refractivity contribution is 6.07. The third kappa shape index (κ3) is 1.41. The number of amides is 1. The van der Waals surface area contributed by atoms with Gasteiger partial charge in [0.25, 0.3) is 0 Å². The number of benzene rings is 1. The molecule has 4 unspecified atom stereocenters. The van der Waals surface area contributed by atoms with E-state index in [0.717, 1.165) is 30.8 Å². The van der Waals surface area contributed by atoms with Crippen LogP contribution >= 0.6 is 12.4 Å². The highest BCUT2D eigenvalue weighted by Gasteiger charge is 2.79. The number of nitrogens with one attached hydrogen (secondary N) is 1. The van der Waals surface area contributed by atoms with E-state index in [0.29, 0.717) is 17.9 Å². The minimum Gasteiger partial charge on any atom is -0.376 e. The van der Waals surface area contributed by atoms with E-state index in [4.69, 9.17) is 4.74 Å². The zero-order valence-electron chi connectivity index (χ0n) is 14.3. The molecule has 1 amide bonds. The number of para-hydroxylation sites is 1. The van der Waals surface area contributed by atoms with Crippen LogP contribution in [0.1, 0.15) is 12.0 Å². The first-order chi connectivity index (χ1) is 11.6. The van der Waals surface area contributed by atoms with Crippen molar-refractivity contribution in [3.05, 3.63) is 42.5 Å². The normalized spacial score (nSPS) is 48.4. The second kappa shape index (κ2) is 4.67. The summed E-state index contributed by atoms with van der Waals surface area (Å²) in [6, 6.07) is 8.64. The summed E-state index contributed by atoms with van der Waals surface area (Å²) in [5.74, 6) is 1.56. The molecule has 1 spiro atoms. The van der Waals surface area contributed by atoms with Crippen LogP contribution in [0.15, 0.2) is 36.9 Å². The van der Waals surface area contributed by atoms with Gasteiger partial charge < -0.3 is 15.0 Å². The summed E-state index contributed by atoms with van der Waals surface area (Å²) in [5, 5.41) is 3.18. The van der Waals surface area contributed by atoms with Gasteiger partial charge in [-0.2, -0.15) is 0 Å². The highest BCUT2D eigenvalue weighted by atomic mass is 35.5. The maximum atomic E-state index is 13.4. The van der Waals surface area contributed by atoms with Crippen molar-refractivity contribution < 1.29 is 9.53 Å². The van der Waals surface area contributed by atoms with Crippen LogP contribution in [0.4, 0.5) is 5.69 Å². The number of fused-ring (bicyclic) bond motifs is 5. The molecule has 2 saturated heterocycles. The summed E-state index contributed by atoms with van der Waals surface area (Å²) in [7, 11) is 2.21. The van der Waals surface area contributed by atoms with Crippen LogP contribution in [0, 0.1) is 23.2 Å². The van der Waals surface area contributed by atoms with Gasteiger partial charge >= 0.3 is 0 Å². The summed E-state index contributed by atoms with van der Waals surface area (Å²) in [5.41, 5.74) is 1.61. The van der Waals surface area contributed by atoms with Crippen LogP contribution in [0.5, 0.6) is 0 Å². The van der Waals surface area contributed by atoms with Gasteiger partial charge in [0.2, 0.25) is 5.91 Å². The molecule has 3 aliphatic heterocycles. The first-order valence-corrected chi connectivity index (χ1v) is 9.01. The van der Waals surface area contributed by atoms with E-state index in [1.165, 1.54) is 0 Å². The number of ether oxygens (including phenoxy) is 1. The molecule has 3 heterocycles. The number of likely N-dealkylation sites (tertiary alicyclic amines) is 1. The largest absolute Gasteiger partial charge is 0.376 e. The van der Waals surface area contributed by atoms with Crippen molar-refractivity contribution in [3.8, 4) is 0 Å². The van der Waals surface area contributed by atoms with Gasteiger partial charge in [-0.1, -0.05) is 24.3 Å². The summed E-state index contributed by atoms with van der Waals surface area (Å²) >= 11 is 0. The van der Waals surface area contributed by atoms with Crippen LogP contribution < -0.4 is 5.32 Å². The van der Waals surface area contributed by atoms with Gasteiger partial charge in [-0.15, -0.1) is 19.0 Å². The zero-order valence-corrected chi connectivity index (χ0v) is 15.1. The molecule has 1 N–H and O–H groups in total. The first kappa shape index (κ1) is 15.9. The number of halogens is 1. The lowest BCUT2D eigenvalue weighted by Crippen LogP contribution is -2.62. The Hall–Kier alpha value is -1.36. The van der Waals surface area contributed by atoms with E-state index >= 15 is 0 Å². The molecule has 5 bridgehead atoms. The van der Waals surface area contributed by atoms with Crippen molar-refractivity contribution in [2.24, 2.45) is 23.2 Å². The molecule has 25 heavy (non-hydrogen) atoms. The minimum absolute atomic E-state index is 0. The summed E-state index contributed by atoms with van der Waals surface area (Å²) < 4.78 is 6.34. The van der Waals surface area contributed by atoms with E-state index < -0.39 is 5.41 Å². The Morgan fingerprint density at radius 2 is 2.20 bits per heavy atom. The molecule has 4 fully saturated rings. The number of piperidine rings is 1. The fourth-order valence-corrected chi connectivity index (χ4v) is 7.38. The Morgan fingerprint density at radius 1 is 1.40 bits per heavy atom. The molecule has 1 aromatic carbocycles. The van der Waals surface area contributed by atoms with Crippen molar-refractivity contribution in [3.63, 3.8) is 0 Å². The van der Waals surface area contributed by atoms with Crippen molar-refractivity contribution in [2.45, 2.75) is 24.0 Å². The highest BCUT2D eigenvalue weighted by Crippen LogP contribution is 2.73. The Bertz CT molecular complexity index is 798. The smallest absolute Gasteiger partial charge is 0.238 e. The zero-order chi connectivity index (χ0) is 16.3. The topological polar surface area (TPSA) is 41.6 Å². The lowest BCUT2D eigenvalue weighted by Gasteiger charge is -2.54. The van der Waals surface area contributed by atoms with Gasteiger partial charge in [0.15, 0.2) is 0 Å². The molecule has 5 heteroatoms. The van der Waals surface area contributed by atoms with Crippen LogP contribution in [0.25, 0.3) is 0 Å². The molecule has 132 valence electrons. The van der Waals surface area contributed by atoms with Gasteiger partial charge in [-0.3, -0.25) is 4.79 Å². The van der Waals surface area contributed by atoms with E-state index in [9.17, 15) is 4.79 Å². The van der Waals surface area contributed by atoms with Gasteiger partial charge in [-0.25, -0.2) is 0 Å². The molecule has 2 saturated carbocycles. The number of carbonyl (C=O) groups excluding carboxylic acids is 1. The fraction of sp³-hybridized carbons (Fsp3) is 0.550. The standard InChI is InChI=1S/C20H22N2O2.ClH/c1-3-19-10-22(2)16-11-9-24-15(8-13(11)19)20(17(16)19)12-6-4-5-7-14(12)21-18(20)23;/h3-7,11,13,15-17H,1,8-10H2,2H3,(H,21,23);1H/t11?,13?,15?,16?,17-,19-,20-;/m0./s1. The van der Waals surface area contributed by atoms with E-state index in [2.05, 4.69) is 42.1 Å². The molecular weight excluding hydrogens is 336 g/mol. The maximum Gasteiger partial charge on any atom is 0.238 e. The second-order valence-corrected chi connectivity index (χ2v) is 8.40. The Labute approximate surface area is 154 Å². The maximum absolute atomic E-state index is 13.4. The molecule has 7 atom stereocenters. The van der Waals surface area contributed by atoms with E-state index in [-0.39, 0.29) is 35.8 Å². The predicted octanol–water partition coefficient (Wildman–Crippen LogP) is 2.45. The molecule has 4 nitrogen and oxygen atoms in total. The number of nitrogens with zero attached hydrogens (tertiary/aromatic N) is 1. The molecule has 0 radical (unpaired) electrons. The van der Waals surface area contributed by atoms with Crippen LogP contribution in [0.3, 0.4) is 0 Å². The summed E-state index contributed by atoms with van der Waals surface area (Å²) in [4.78, 5) is 15.9.